The number of carbonyl (C=O) groups is 5. The number of aliphatic carboxylic acids is 1. The maximum atomic E-state index is 13.9. The molecule has 13 heteroatoms. The molecular weight excluding hydrogens is 626 g/mol. The second-order valence-electron chi connectivity index (χ2n) is 12.0. The van der Waals surface area contributed by atoms with Gasteiger partial charge in [0.15, 0.2) is 0 Å². The Hall–Kier alpha value is -5.95. The third kappa shape index (κ3) is 8.90. The van der Waals surface area contributed by atoms with Gasteiger partial charge in [0.05, 0.1) is 6.04 Å². The maximum absolute atomic E-state index is 13.9. The summed E-state index contributed by atoms with van der Waals surface area (Å²) in [5.41, 5.74) is 15.4. The molecule has 5 aromatic rings. The van der Waals surface area contributed by atoms with Crippen LogP contribution in [0.25, 0.3) is 21.8 Å². The number of aromatic amines is 2. The smallest absolute Gasteiger partial charge is 0.326 e. The third-order valence-corrected chi connectivity index (χ3v) is 8.39. The molecule has 0 aliphatic rings. The highest BCUT2D eigenvalue weighted by Gasteiger charge is 2.31. The molecule has 254 valence electrons. The Bertz CT molecular complexity index is 1950. The molecule has 2 heterocycles. The van der Waals surface area contributed by atoms with Crippen LogP contribution >= 0.6 is 0 Å². The number of primary amides is 1. The predicted molar refractivity (Wildman–Crippen MR) is 184 cm³/mol. The molecule has 4 unspecified atom stereocenters. The quantitative estimate of drug-likeness (QED) is 0.0779. The van der Waals surface area contributed by atoms with Crippen LogP contribution in [-0.2, 0) is 43.2 Å². The van der Waals surface area contributed by atoms with Gasteiger partial charge in [-0.2, -0.15) is 0 Å². The van der Waals surface area contributed by atoms with E-state index in [1.165, 1.54) is 0 Å². The average Bonchev–Trinajstić information content (AvgIpc) is 3.70. The lowest BCUT2D eigenvalue weighted by Crippen LogP contribution is -2.58. The van der Waals surface area contributed by atoms with Gasteiger partial charge >= 0.3 is 5.97 Å². The molecular formula is C36H39N7O6. The Morgan fingerprint density at radius 2 is 1.12 bits per heavy atom. The van der Waals surface area contributed by atoms with Crippen molar-refractivity contribution in [1.82, 2.24) is 25.9 Å². The topological polar surface area (TPSA) is 225 Å². The summed E-state index contributed by atoms with van der Waals surface area (Å²) in [5.74, 6) is -4.07. The molecule has 13 nitrogen and oxygen atoms in total. The zero-order valence-electron chi connectivity index (χ0n) is 26.6. The van der Waals surface area contributed by atoms with E-state index < -0.39 is 53.8 Å². The van der Waals surface area contributed by atoms with E-state index in [2.05, 4.69) is 25.9 Å². The highest BCUT2D eigenvalue weighted by Crippen LogP contribution is 2.21. The highest BCUT2D eigenvalue weighted by molar-refractivity contribution is 5.95. The van der Waals surface area contributed by atoms with Gasteiger partial charge in [-0.05, 0) is 41.7 Å². The maximum Gasteiger partial charge on any atom is 0.326 e. The minimum Gasteiger partial charge on any atom is -0.480 e. The van der Waals surface area contributed by atoms with Gasteiger partial charge in [-0.15, -0.1) is 0 Å². The van der Waals surface area contributed by atoms with E-state index in [1.807, 2.05) is 78.9 Å². The predicted octanol–water partition coefficient (Wildman–Crippen LogP) is 1.81. The fraction of sp³-hybridized carbons (Fsp3) is 0.250. The molecule has 0 spiro atoms. The van der Waals surface area contributed by atoms with E-state index in [9.17, 15) is 29.1 Å². The van der Waals surface area contributed by atoms with Crippen molar-refractivity contribution in [2.24, 2.45) is 11.5 Å². The second-order valence-corrected chi connectivity index (χ2v) is 12.0. The van der Waals surface area contributed by atoms with Crippen molar-refractivity contribution in [3.63, 3.8) is 0 Å². The average molecular weight is 666 g/mol. The largest absolute Gasteiger partial charge is 0.480 e. The monoisotopic (exact) mass is 665 g/mol. The summed E-state index contributed by atoms with van der Waals surface area (Å²) in [6, 6.07) is 19.1. The van der Waals surface area contributed by atoms with Crippen LogP contribution in [0.3, 0.4) is 0 Å². The van der Waals surface area contributed by atoms with Crippen molar-refractivity contribution in [2.75, 3.05) is 0 Å². The van der Waals surface area contributed by atoms with Gasteiger partial charge < -0.3 is 42.5 Å². The van der Waals surface area contributed by atoms with Gasteiger partial charge in [-0.3, -0.25) is 19.2 Å². The normalized spacial score (nSPS) is 13.7. The molecule has 4 atom stereocenters. The van der Waals surface area contributed by atoms with Crippen LogP contribution in [0.4, 0.5) is 0 Å². The van der Waals surface area contributed by atoms with Gasteiger partial charge in [-0.1, -0.05) is 66.7 Å². The molecule has 2 aromatic heterocycles. The van der Waals surface area contributed by atoms with Gasteiger partial charge in [0.25, 0.3) is 0 Å². The first-order valence-corrected chi connectivity index (χ1v) is 15.9. The lowest BCUT2D eigenvalue weighted by atomic mass is 10.0. The standard InChI is InChI=1S/C36H39N7O6/c37-26(16-21-8-2-1-3-9-21)33(45)41-29(14-15-32(38)44)34(46)42-30(17-22-19-39-27-12-6-4-10-24(22)27)35(47)43-31(36(48)49)18-23-20-40-28-13-7-5-11-25(23)28/h1-13,19-20,26,29-31,39-40H,14-18,37H2,(H2,38,44)(H,41,45)(H,42,46)(H,43,47)(H,48,49). The molecule has 4 amide bonds. The van der Waals surface area contributed by atoms with Crippen molar-refractivity contribution in [2.45, 2.75) is 56.3 Å². The lowest BCUT2D eigenvalue weighted by Gasteiger charge is -2.25. The van der Waals surface area contributed by atoms with Crippen LogP contribution in [0, 0.1) is 0 Å². The number of hydrogen-bond donors (Lipinski definition) is 8. The highest BCUT2D eigenvalue weighted by atomic mass is 16.4. The van der Waals surface area contributed by atoms with Crippen molar-refractivity contribution < 1.29 is 29.1 Å². The molecule has 0 aliphatic heterocycles. The Labute approximate surface area is 281 Å². The molecule has 49 heavy (non-hydrogen) atoms. The zero-order chi connectivity index (χ0) is 34.9. The summed E-state index contributed by atoms with van der Waals surface area (Å²) in [7, 11) is 0. The van der Waals surface area contributed by atoms with Crippen LogP contribution in [0.15, 0.2) is 91.3 Å². The fourth-order valence-electron chi connectivity index (χ4n) is 5.79. The van der Waals surface area contributed by atoms with Gasteiger partial charge in [0.1, 0.15) is 18.1 Å². The van der Waals surface area contributed by atoms with Gasteiger partial charge in [0, 0.05) is 53.5 Å². The van der Waals surface area contributed by atoms with E-state index in [0.717, 1.165) is 27.4 Å². The number of fused-ring (bicyclic) bond motifs is 2. The minimum absolute atomic E-state index is 0.00891. The number of aromatic nitrogens is 2. The second kappa shape index (κ2) is 15.8. The molecule has 0 aliphatic carbocycles. The lowest BCUT2D eigenvalue weighted by molar-refractivity contribution is -0.142. The summed E-state index contributed by atoms with van der Waals surface area (Å²) >= 11 is 0. The number of para-hydroxylation sites is 2. The summed E-state index contributed by atoms with van der Waals surface area (Å²) < 4.78 is 0. The number of hydrogen-bond acceptors (Lipinski definition) is 6. The fourth-order valence-corrected chi connectivity index (χ4v) is 5.79. The number of amides is 4. The minimum atomic E-state index is -1.32. The van der Waals surface area contributed by atoms with E-state index >= 15 is 0 Å². The molecule has 0 fully saturated rings. The number of carboxylic acids is 1. The van der Waals surface area contributed by atoms with Gasteiger partial charge in [-0.25, -0.2) is 4.79 Å². The van der Waals surface area contributed by atoms with Crippen molar-refractivity contribution >= 4 is 51.4 Å². The number of carbonyl (C=O) groups excluding carboxylic acids is 4. The molecule has 0 radical (unpaired) electrons. The van der Waals surface area contributed by atoms with Crippen LogP contribution in [0.1, 0.15) is 29.5 Å². The molecule has 0 saturated carbocycles. The van der Waals surface area contributed by atoms with Crippen molar-refractivity contribution in [3.8, 4) is 0 Å². The first kappa shape index (κ1) is 34.4. The molecule has 3 aromatic carbocycles. The van der Waals surface area contributed by atoms with E-state index in [0.29, 0.717) is 11.1 Å². The van der Waals surface area contributed by atoms with Crippen molar-refractivity contribution in [1.29, 1.82) is 0 Å². The van der Waals surface area contributed by atoms with Crippen LogP contribution in [0.2, 0.25) is 0 Å². The van der Waals surface area contributed by atoms with Crippen LogP contribution in [-0.4, -0.2) is 68.8 Å². The number of carboxylic acid groups (broad SMARTS) is 1. The number of benzene rings is 3. The zero-order valence-corrected chi connectivity index (χ0v) is 26.6. The van der Waals surface area contributed by atoms with Crippen LogP contribution in [0.5, 0.6) is 0 Å². The third-order valence-electron chi connectivity index (χ3n) is 8.39. The number of rotatable bonds is 16. The SMILES string of the molecule is NC(=O)CCC(NC(=O)C(N)Cc1ccccc1)C(=O)NC(Cc1c[nH]c2ccccc12)C(=O)NC(Cc1c[nH]c2ccccc12)C(=O)O. The van der Waals surface area contributed by atoms with Gasteiger partial charge in [0.2, 0.25) is 23.6 Å². The number of nitrogens with one attached hydrogen (secondary N) is 5. The molecule has 0 saturated heterocycles. The molecule has 0 bridgehead atoms. The van der Waals surface area contributed by atoms with Crippen molar-refractivity contribution in [3.05, 3.63) is 108 Å². The first-order chi connectivity index (χ1) is 23.6. The summed E-state index contributed by atoms with van der Waals surface area (Å²) in [4.78, 5) is 71.1. The van der Waals surface area contributed by atoms with E-state index in [4.69, 9.17) is 11.5 Å². The summed E-state index contributed by atoms with van der Waals surface area (Å²) in [5, 5.41) is 19.7. The van der Waals surface area contributed by atoms with E-state index in [-0.39, 0.29) is 32.1 Å². The summed E-state index contributed by atoms with van der Waals surface area (Å²) in [6.45, 7) is 0. The Kier molecular flexibility index (Phi) is 11.1. The van der Waals surface area contributed by atoms with Crippen LogP contribution < -0.4 is 27.4 Å². The number of nitrogens with two attached hydrogens (primary N) is 2. The molecule has 5 rings (SSSR count). The Morgan fingerprint density at radius 1 is 0.633 bits per heavy atom. The van der Waals surface area contributed by atoms with E-state index in [1.54, 1.807) is 12.4 Å². The Morgan fingerprint density at radius 3 is 1.69 bits per heavy atom. The Balaban J connectivity index is 1.37. The molecule has 10 N–H and O–H groups in total. The summed E-state index contributed by atoms with van der Waals surface area (Å²) in [6.07, 6.45) is 3.22. The number of H-pyrrole nitrogens is 2. The first-order valence-electron chi connectivity index (χ1n) is 15.9.